The van der Waals surface area contributed by atoms with Crippen LogP contribution in [0.15, 0.2) is 77.7 Å². The molecule has 0 saturated heterocycles. The third kappa shape index (κ3) is 6.58. The fourth-order valence-electron chi connectivity index (χ4n) is 2.97. The Kier molecular flexibility index (Phi) is 7.26. The molecule has 0 heterocycles. The fourth-order valence-corrected chi connectivity index (χ4v) is 3.60. The van der Waals surface area contributed by atoms with Gasteiger partial charge in [0.15, 0.2) is 9.84 Å². The first-order valence-corrected chi connectivity index (χ1v) is 11.7. The molecule has 0 aliphatic rings. The number of halogens is 3. The highest BCUT2D eigenvalue weighted by Crippen LogP contribution is 2.36. The summed E-state index contributed by atoms with van der Waals surface area (Å²) < 4.78 is 63.7. The summed E-state index contributed by atoms with van der Waals surface area (Å²) in [5.41, 5.74) is -0.868. The number of anilines is 3. The van der Waals surface area contributed by atoms with Crippen molar-refractivity contribution >= 4 is 38.7 Å². The van der Waals surface area contributed by atoms with Crippen molar-refractivity contribution in [2.24, 2.45) is 0 Å². The van der Waals surface area contributed by atoms with Crippen LogP contribution in [0.3, 0.4) is 0 Å². The second-order valence-corrected chi connectivity index (χ2v) is 9.29. The van der Waals surface area contributed by atoms with Crippen molar-refractivity contribution in [1.29, 1.82) is 0 Å². The Morgan fingerprint density at radius 2 is 1.47 bits per heavy atom. The molecular weight excluding hydrogens is 471 g/mol. The van der Waals surface area contributed by atoms with Gasteiger partial charge in [-0.2, -0.15) is 13.2 Å². The summed E-state index contributed by atoms with van der Waals surface area (Å²) in [7, 11) is -3.40. The lowest BCUT2D eigenvalue weighted by molar-refractivity contribution is -0.137. The SMILES string of the molecule is CS(=O)(=O)c1ccc(NC(=O)CNc2ccc(NC(=O)c3ccccc3)cc2C(F)(F)F)cc1. The Labute approximate surface area is 193 Å². The van der Waals surface area contributed by atoms with E-state index < -0.39 is 39.9 Å². The van der Waals surface area contributed by atoms with Gasteiger partial charge in [0, 0.05) is 28.9 Å². The summed E-state index contributed by atoms with van der Waals surface area (Å²) in [6, 6.07) is 16.6. The van der Waals surface area contributed by atoms with Gasteiger partial charge in [-0.1, -0.05) is 18.2 Å². The molecule has 0 aliphatic carbocycles. The van der Waals surface area contributed by atoms with Gasteiger partial charge in [-0.25, -0.2) is 8.42 Å². The van der Waals surface area contributed by atoms with Crippen molar-refractivity contribution in [1.82, 2.24) is 0 Å². The number of carbonyl (C=O) groups is 2. The van der Waals surface area contributed by atoms with E-state index in [2.05, 4.69) is 16.0 Å². The maximum atomic E-state index is 13.6. The number of benzene rings is 3. The molecule has 178 valence electrons. The first-order chi connectivity index (χ1) is 15.9. The van der Waals surface area contributed by atoms with Crippen molar-refractivity contribution < 1.29 is 31.2 Å². The largest absolute Gasteiger partial charge is 0.418 e. The van der Waals surface area contributed by atoms with Crippen molar-refractivity contribution in [3.63, 3.8) is 0 Å². The van der Waals surface area contributed by atoms with E-state index in [0.29, 0.717) is 5.56 Å². The van der Waals surface area contributed by atoms with E-state index in [1.165, 1.54) is 42.5 Å². The van der Waals surface area contributed by atoms with Crippen LogP contribution in [0.4, 0.5) is 30.2 Å². The van der Waals surface area contributed by atoms with Crippen LogP contribution in [-0.2, 0) is 20.8 Å². The number of nitrogens with one attached hydrogen (secondary N) is 3. The van der Waals surface area contributed by atoms with Crippen LogP contribution in [0.5, 0.6) is 0 Å². The highest BCUT2D eigenvalue weighted by atomic mass is 32.2. The van der Waals surface area contributed by atoms with Gasteiger partial charge in [0.2, 0.25) is 5.91 Å². The first kappa shape index (κ1) is 24.8. The number of amides is 2. The highest BCUT2D eigenvalue weighted by Gasteiger charge is 2.34. The van der Waals surface area contributed by atoms with Gasteiger partial charge in [-0.3, -0.25) is 9.59 Å². The number of hydrogen-bond acceptors (Lipinski definition) is 5. The number of carbonyl (C=O) groups excluding carboxylic acids is 2. The second-order valence-electron chi connectivity index (χ2n) is 7.28. The lowest BCUT2D eigenvalue weighted by atomic mass is 10.1. The molecule has 34 heavy (non-hydrogen) atoms. The molecule has 2 amide bonds. The van der Waals surface area contributed by atoms with Crippen LogP contribution < -0.4 is 16.0 Å². The lowest BCUT2D eigenvalue weighted by Crippen LogP contribution is -2.23. The normalized spacial score (nSPS) is 11.5. The zero-order valence-corrected chi connectivity index (χ0v) is 18.6. The van der Waals surface area contributed by atoms with Gasteiger partial charge in [0.1, 0.15) is 0 Å². The number of rotatable bonds is 7. The Bertz CT molecular complexity index is 1290. The minimum atomic E-state index is -4.74. The molecule has 0 unspecified atom stereocenters. The first-order valence-electron chi connectivity index (χ1n) is 9.85. The molecule has 0 spiro atoms. The smallest absolute Gasteiger partial charge is 0.376 e. The van der Waals surface area contributed by atoms with Gasteiger partial charge in [-0.15, -0.1) is 0 Å². The molecule has 3 N–H and O–H groups in total. The minimum Gasteiger partial charge on any atom is -0.376 e. The van der Waals surface area contributed by atoms with Crippen LogP contribution in [0.25, 0.3) is 0 Å². The summed E-state index contributed by atoms with van der Waals surface area (Å²) in [6.45, 7) is -0.480. The zero-order chi connectivity index (χ0) is 24.9. The van der Waals surface area contributed by atoms with Crippen LogP contribution in [-0.4, -0.2) is 33.0 Å². The maximum Gasteiger partial charge on any atom is 0.418 e. The van der Waals surface area contributed by atoms with Crippen LogP contribution in [0.2, 0.25) is 0 Å². The van der Waals surface area contributed by atoms with Gasteiger partial charge < -0.3 is 16.0 Å². The Morgan fingerprint density at radius 3 is 2.06 bits per heavy atom. The maximum absolute atomic E-state index is 13.6. The number of hydrogen-bond donors (Lipinski definition) is 3. The molecule has 0 bridgehead atoms. The molecule has 0 fully saturated rings. The van der Waals surface area contributed by atoms with E-state index in [9.17, 15) is 31.2 Å². The number of sulfone groups is 1. The van der Waals surface area contributed by atoms with Crippen LogP contribution >= 0.6 is 0 Å². The van der Waals surface area contributed by atoms with E-state index in [1.807, 2.05) is 0 Å². The minimum absolute atomic E-state index is 0.0536. The monoisotopic (exact) mass is 491 g/mol. The molecule has 3 aromatic rings. The summed E-state index contributed by atoms with van der Waals surface area (Å²) >= 11 is 0. The third-order valence-electron chi connectivity index (χ3n) is 4.62. The molecule has 7 nitrogen and oxygen atoms in total. The Balaban J connectivity index is 1.68. The molecule has 11 heteroatoms. The van der Waals surface area contributed by atoms with E-state index in [-0.39, 0.29) is 22.0 Å². The van der Waals surface area contributed by atoms with Gasteiger partial charge in [-0.05, 0) is 54.6 Å². The molecule has 0 saturated carbocycles. The summed E-state index contributed by atoms with van der Waals surface area (Å²) in [6.07, 6.45) is -3.70. The molecule has 0 radical (unpaired) electrons. The molecular formula is C23H20F3N3O4S. The van der Waals surface area contributed by atoms with Crippen LogP contribution in [0.1, 0.15) is 15.9 Å². The molecule has 3 aromatic carbocycles. The molecule has 3 rings (SSSR count). The summed E-state index contributed by atoms with van der Waals surface area (Å²) in [4.78, 5) is 24.5. The highest BCUT2D eigenvalue weighted by molar-refractivity contribution is 7.90. The average molecular weight is 491 g/mol. The van der Waals surface area contributed by atoms with E-state index in [4.69, 9.17) is 0 Å². The van der Waals surface area contributed by atoms with E-state index in [1.54, 1.807) is 18.2 Å². The standard InChI is InChI=1S/C23H20F3N3O4S/c1-34(32,33)18-10-7-16(8-11-18)28-21(30)14-27-20-12-9-17(13-19(20)23(24,25)26)29-22(31)15-5-3-2-4-6-15/h2-13,27H,14H2,1H3,(H,28,30)(H,29,31). The lowest BCUT2D eigenvalue weighted by Gasteiger charge is -2.16. The van der Waals surface area contributed by atoms with Crippen molar-refractivity contribution in [2.45, 2.75) is 11.1 Å². The zero-order valence-electron chi connectivity index (χ0n) is 17.8. The Morgan fingerprint density at radius 1 is 0.853 bits per heavy atom. The number of alkyl halides is 3. The Hall–Kier alpha value is -3.86. The second kappa shape index (κ2) is 9.96. The summed E-state index contributed by atoms with van der Waals surface area (Å²) in [5.74, 6) is -1.20. The molecule has 0 atom stereocenters. The van der Waals surface area contributed by atoms with Gasteiger partial charge in [0.05, 0.1) is 17.0 Å². The predicted molar refractivity (Wildman–Crippen MR) is 123 cm³/mol. The van der Waals surface area contributed by atoms with Crippen molar-refractivity contribution in [3.05, 3.63) is 83.9 Å². The molecule has 0 aromatic heterocycles. The van der Waals surface area contributed by atoms with E-state index >= 15 is 0 Å². The molecule has 0 aliphatic heterocycles. The summed E-state index contributed by atoms with van der Waals surface area (Å²) in [5, 5.41) is 7.34. The topological polar surface area (TPSA) is 104 Å². The van der Waals surface area contributed by atoms with Crippen molar-refractivity contribution in [2.75, 3.05) is 28.8 Å². The average Bonchev–Trinajstić information content (AvgIpc) is 2.78. The quantitative estimate of drug-likeness (QED) is 0.454. The van der Waals surface area contributed by atoms with Gasteiger partial charge in [0.25, 0.3) is 5.91 Å². The van der Waals surface area contributed by atoms with E-state index in [0.717, 1.165) is 18.4 Å². The third-order valence-corrected chi connectivity index (χ3v) is 5.75. The van der Waals surface area contributed by atoms with Gasteiger partial charge >= 0.3 is 6.18 Å². The van der Waals surface area contributed by atoms with Crippen LogP contribution in [0, 0.1) is 0 Å². The fraction of sp³-hybridized carbons (Fsp3) is 0.130. The van der Waals surface area contributed by atoms with Crippen molar-refractivity contribution in [3.8, 4) is 0 Å². The predicted octanol–water partition coefficient (Wildman–Crippen LogP) is 4.41.